The molecule has 0 aromatic heterocycles. The zero-order valence-electron chi connectivity index (χ0n) is 15.6. The first-order chi connectivity index (χ1) is 12.1. The molecule has 0 aliphatic heterocycles. The van der Waals surface area contributed by atoms with Crippen LogP contribution < -0.4 is 16.0 Å². The second kappa shape index (κ2) is 10.4. The molecule has 1 amide bonds. The summed E-state index contributed by atoms with van der Waals surface area (Å²) in [5, 5.41) is 9.58. The number of carbonyl (C=O) groups excluding carboxylic acids is 1. The number of halogens is 1. The molecule has 0 spiro atoms. The molecule has 7 nitrogen and oxygen atoms in total. The van der Waals surface area contributed by atoms with Crippen molar-refractivity contribution in [3.05, 3.63) is 28.8 Å². The smallest absolute Gasteiger partial charge is 0.226 e. The zero-order chi connectivity index (χ0) is 19.7. The van der Waals surface area contributed by atoms with E-state index in [0.717, 1.165) is 5.56 Å². The number of carbonyl (C=O) groups is 1. The fourth-order valence-corrected chi connectivity index (χ4v) is 3.10. The maximum absolute atomic E-state index is 12.1. The molecule has 1 aromatic rings. The summed E-state index contributed by atoms with van der Waals surface area (Å²) in [6.07, 6.45) is 1.95. The second-order valence-corrected chi connectivity index (χ2v) is 8.84. The summed E-state index contributed by atoms with van der Waals surface area (Å²) < 4.78 is 22.4. The van der Waals surface area contributed by atoms with Crippen LogP contribution in [0.5, 0.6) is 0 Å². The van der Waals surface area contributed by atoms with Gasteiger partial charge in [-0.15, -0.1) is 0 Å². The minimum Gasteiger partial charge on any atom is -0.356 e. The predicted octanol–water partition coefficient (Wildman–Crippen LogP) is 1.97. The Kier molecular flexibility index (Phi) is 8.87. The van der Waals surface area contributed by atoms with E-state index in [0.29, 0.717) is 29.6 Å². The van der Waals surface area contributed by atoms with E-state index < -0.39 is 9.84 Å². The third-order valence-electron chi connectivity index (χ3n) is 3.71. The molecule has 0 bridgehead atoms. The van der Waals surface area contributed by atoms with Crippen LogP contribution in [0.1, 0.15) is 25.3 Å². The van der Waals surface area contributed by atoms with Crippen LogP contribution in [0.4, 0.5) is 5.69 Å². The van der Waals surface area contributed by atoms with Crippen LogP contribution >= 0.6 is 11.6 Å². The van der Waals surface area contributed by atoms with Gasteiger partial charge in [-0.25, -0.2) is 8.42 Å². The standard InChI is InChI=1S/C17H27ClN4O3S/c1-12(9-11-26(4,24)25)21-17(19-3)20-10-8-16(23)22-15-7-5-6-14(18)13(15)2/h5-7,12H,8-11H2,1-4H3,(H,22,23)(H2,19,20,21). The van der Waals surface area contributed by atoms with E-state index in [1.807, 2.05) is 13.8 Å². The maximum Gasteiger partial charge on any atom is 0.226 e. The van der Waals surface area contributed by atoms with Crippen LogP contribution in [0.15, 0.2) is 23.2 Å². The Morgan fingerprint density at radius 2 is 2.04 bits per heavy atom. The van der Waals surface area contributed by atoms with Gasteiger partial charge < -0.3 is 16.0 Å². The second-order valence-electron chi connectivity index (χ2n) is 6.17. The lowest BCUT2D eigenvalue weighted by Gasteiger charge is -2.17. The number of hydrogen-bond donors (Lipinski definition) is 3. The van der Waals surface area contributed by atoms with Gasteiger partial charge in [-0.1, -0.05) is 17.7 Å². The van der Waals surface area contributed by atoms with Gasteiger partial charge in [0.15, 0.2) is 5.96 Å². The molecular formula is C17H27ClN4O3S. The van der Waals surface area contributed by atoms with E-state index in [1.54, 1.807) is 25.2 Å². The largest absolute Gasteiger partial charge is 0.356 e. The normalized spacial score (nSPS) is 13.2. The van der Waals surface area contributed by atoms with E-state index in [-0.39, 0.29) is 24.1 Å². The summed E-state index contributed by atoms with van der Waals surface area (Å²) >= 11 is 6.04. The molecule has 1 atom stereocenters. The Morgan fingerprint density at radius 1 is 1.35 bits per heavy atom. The third-order valence-corrected chi connectivity index (χ3v) is 5.10. The summed E-state index contributed by atoms with van der Waals surface area (Å²) in [5.41, 5.74) is 1.52. The summed E-state index contributed by atoms with van der Waals surface area (Å²) in [7, 11) is -1.37. The van der Waals surface area contributed by atoms with Gasteiger partial charge in [0.05, 0.1) is 5.75 Å². The first-order valence-corrected chi connectivity index (χ1v) is 10.8. The molecule has 1 unspecified atom stereocenters. The van der Waals surface area contributed by atoms with Crippen molar-refractivity contribution in [2.45, 2.75) is 32.7 Å². The fraction of sp³-hybridized carbons (Fsp3) is 0.529. The molecule has 0 fully saturated rings. The van der Waals surface area contributed by atoms with E-state index in [1.165, 1.54) is 6.26 Å². The number of aliphatic imine (C=N–C) groups is 1. The highest BCUT2D eigenvalue weighted by Gasteiger charge is 2.10. The van der Waals surface area contributed by atoms with E-state index in [4.69, 9.17) is 11.6 Å². The van der Waals surface area contributed by atoms with Crippen LogP contribution in [-0.2, 0) is 14.6 Å². The highest BCUT2D eigenvalue weighted by Crippen LogP contribution is 2.22. The van der Waals surface area contributed by atoms with Crippen molar-refractivity contribution in [1.29, 1.82) is 0 Å². The molecule has 0 saturated heterocycles. The Hall–Kier alpha value is -1.80. The van der Waals surface area contributed by atoms with Crippen molar-refractivity contribution in [3.8, 4) is 0 Å². The molecule has 1 rings (SSSR count). The molecule has 3 N–H and O–H groups in total. The van der Waals surface area contributed by atoms with Crippen molar-refractivity contribution >= 4 is 39.0 Å². The average molecular weight is 403 g/mol. The topological polar surface area (TPSA) is 99.7 Å². The third kappa shape index (κ3) is 8.53. The SMILES string of the molecule is CN=C(NCCC(=O)Nc1cccc(Cl)c1C)NC(C)CCS(C)(=O)=O. The number of nitrogens with one attached hydrogen (secondary N) is 3. The highest BCUT2D eigenvalue weighted by atomic mass is 35.5. The Morgan fingerprint density at radius 3 is 2.65 bits per heavy atom. The van der Waals surface area contributed by atoms with Gasteiger partial charge in [-0.2, -0.15) is 0 Å². The number of hydrogen-bond acceptors (Lipinski definition) is 4. The summed E-state index contributed by atoms with van der Waals surface area (Å²) in [6, 6.07) is 5.30. The Labute approximate surface area is 160 Å². The van der Waals surface area contributed by atoms with Crippen molar-refractivity contribution in [3.63, 3.8) is 0 Å². The molecule has 146 valence electrons. The molecular weight excluding hydrogens is 376 g/mol. The molecule has 26 heavy (non-hydrogen) atoms. The molecule has 1 aromatic carbocycles. The van der Waals surface area contributed by atoms with Gasteiger partial charge in [0.1, 0.15) is 9.84 Å². The van der Waals surface area contributed by atoms with Gasteiger partial charge in [0, 0.05) is 43.0 Å². The van der Waals surface area contributed by atoms with Crippen LogP contribution in [0.3, 0.4) is 0 Å². The van der Waals surface area contributed by atoms with Crippen LogP contribution in [0.2, 0.25) is 5.02 Å². The minimum absolute atomic E-state index is 0.0566. The average Bonchev–Trinajstić information content (AvgIpc) is 2.55. The molecule has 0 radical (unpaired) electrons. The summed E-state index contributed by atoms with van der Waals surface area (Å²) in [4.78, 5) is 16.1. The van der Waals surface area contributed by atoms with E-state index >= 15 is 0 Å². The van der Waals surface area contributed by atoms with E-state index in [2.05, 4.69) is 20.9 Å². The van der Waals surface area contributed by atoms with Crippen molar-refractivity contribution in [2.24, 2.45) is 4.99 Å². The summed E-state index contributed by atoms with van der Waals surface area (Å²) in [5.74, 6) is 0.501. The molecule has 0 heterocycles. The summed E-state index contributed by atoms with van der Waals surface area (Å²) in [6.45, 7) is 4.12. The first-order valence-electron chi connectivity index (χ1n) is 8.32. The molecule has 0 aliphatic rings. The quantitative estimate of drug-likeness (QED) is 0.456. The van der Waals surface area contributed by atoms with Gasteiger partial charge >= 0.3 is 0 Å². The van der Waals surface area contributed by atoms with Gasteiger partial charge in [0.2, 0.25) is 5.91 Å². The number of nitrogens with zero attached hydrogens (tertiary/aromatic N) is 1. The number of rotatable bonds is 8. The van der Waals surface area contributed by atoms with Crippen LogP contribution in [-0.4, -0.2) is 51.9 Å². The monoisotopic (exact) mass is 402 g/mol. The first kappa shape index (κ1) is 22.2. The number of amides is 1. The van der Waals surface area contributed by atoms with Gasteiger partial charge in [0.25, 0.3) is 0 Å². The maximum atomic E-state index is 12.1. The van der Waals surface area contributed by atoms with Gasteiger partial charge in [-0.05, 0) is 38.0 Å². The molecule has 0 aliphatic carbocycles. The van der Waals surface area contributed by atoms with Crippen molar-refractivity contribution in [1.82, 2.24) is 10.6 Å². The number of sulfone groups is 1. The predicted molar refractivity (Wildman–Crippen MR) is 108 cm³/mol. The highest BCUT2D eigenvalue weighted by molar-refractivity contribution is 7.90. The lowest BCUT2D eigenvalue weighted by molar-refractivity contribution is -0.116. The molecule has 0 saturated carbocycles. The van der Waals surface area contributed by atoms with Crippen LogP contribution in [0.25, 0.3) is 0 Å². The van der Waals surface area contributed by atoms with Crippen molar-refractivity contribution < 1.29 is 13.2 Å². The lowest BCUT2D eigenvalue weighted by Crippen LogP contribution is -2.43. The Bertz CT molecular complexity index is 750. The Balaban J connectivity index is 2.40. The number of guanidine groups is 1. The number of anilines is 1. The number of benzene rings is 1. The lowest BCUT2D eigenvalue weighted by atomic mass is 10.2. The molecule has 9 heteroatoms. The van der Waals surface area contributed by atoms with Gasteiger partial charge in [-0.3, -0.25) is 9.79 Å². The minimum atomic E-state index is -2.99. The zero-order valence-corrected chi connectivity index (χ0v) is 17.2. The van der Waals surface area contributed by atoms with Crippen molar-refractivity contribution in [2.75, 3.05) is 30.9 Å². The van der Waals surface area contributed by atoms with Crippen LogP contribution in [0, 0.1) is 6.92 Å². The fourth-order valence-electron chi connectivity index (χ4n) is 2.14. The van der Waals surface area contributed by atoms with E-state index in [9.17, 15) is 13.2 Å².